The van der Waals surface area contributed by atoms with Gasteiger partial charge in [0, 0.05) is 11.8 Å². The first-order chi connectivity index (χ1) is 9.47. The van der Waals surface area contributed by atoms with Crippen molar-refractivity contribution in [1.29, 1.82) is 0 Å². The van der Waals surface area contributed by atoms with Crippen LogP contribution in [-0.4, -0.2) is 38.1 Å². The summed E-state index contributed by atoms with van der Waals surface area (Å²) in [6.07, 6.45) is 0.139. The van der Waals surface area contributed by atoms with Crippen LogP contribution >= 0.6 is 27.3 Å². The minimum atomic E-state index is -0.884. The number of rotatable bonds is 6. The number of hydrogen-bond acceptors (Lipinski definition) is 6. The first-order valence-electron chi connectivity index (χ1n) is 5.67. The Balaban J connectivity index is 2.66. The van der Waals surface area contributed by atoms with Crippen LogP contribution in [0.4, 0.5) is 0 Å². The number of amides is 1. The van der Waals surface area contributed by atoms with Crippen LogP contribution in [0.1, 0.15) is 23.2 Å². The maximum Gasteiger partial charge on any atom is 0.328 e. The Kier molecular flexibility index (Phi) is 6.66. The molecule has 110 valence electrons. The number of carbonyl (C=O) groups is 3. The Bertz CT molecular complexity index is 502. The van der Waals surface area contributed by atoms with E-state index >= 15 is 0 Å². The van der Waals surface area contributed by atoms with Crippen molar-refractivity contribution < 1.29 is 23.9 Å². The Hall–Kier alpha value is -1.41. The van der Waals surface area contributed by atoms with Crippen molar-refractivity contribution in [1.82, 2.24) is 5.32 Å². The van der Waals surface area contributed by atoms with E-state index in [2.05, 4.69) is 30.7 Å². The van der Waals surface area contributed by atoms with Crippen LogP contribution in [0.2, 0.25) is 0 Å². The summed E-state index contributed by atoms with van der Waals surface area (Å²) in [5.41, 5.74) is 0.439. The molecule has 0 saturated carbocycles. The lowest BCUT2D eigenvalue weighted by Crippen LogP contribution is -2.41. The molecule has 1 heterocycles. The largest absolute Gasteiger partial charge is 0.469 e. The summed E-state index contributed by atoms with van der Waals surface area (Å²) in [6.45, 7) is 0. The van der Waals surface area contributed by atoms with E-state index in [1.165, 1.54) is 25.6 Å². The molecule has 20 heavy (non-hydrogen) atoms. The van der Waals surface area contributed by atoms with Gasteiger partial charge in [-0.3, -0.25) is 9.59 Å². The molecule has 1 atom stereocenters. The third kappa shape index (κ3) is 4.93. The van der Waals surface area contributed by atoms with Gasteiger partial charge in [0.15, 0.2) is 0 Å². The molecule has 1 aromatic heterocycles. The first kappa shape index (κ1) is 16.6. The molecule has 0 radical (unpaired) electrons. The van der Waals surface area contributed by atoms with Gasteiger partial charge in [0.2, 0.25) is 0 Å². The van der Waals surface area contributed by atoms with Gasteiger partial charge in [-0.1, -0.05) is 0 Å². The van der Waals surface area contributed by atoms with Crippen molar-refractivity contribution in [2.75, 3.05) is 14.2 Å². The highest BCUT2D eigenvalue weighted by atomic mass is 79.9. The van der Waals surface area contributed by atoms with E-state index in [1.54, 1.807) is 11.4 Å². The molecular weight excluding hydrogens is 350 g/mol. The van der Waals surface area contributed by atoms with Crippen LogP contribution < -0.4 is 5.32 Å². The molecule has 0 aliphatic rings. The molecule has 1 aromatic rings. The van der Waals surface area contributed by atoms with Crippen molar-refractivity contribution in [2.24, 2.45) is 0 Å². The summed E-state index contributed by atoms with van der Waals surface area (Å²) in [4.78, 5) is 34.6. The lowest BCUT2D eigenvalue weighted by Gasteiger charge is -2.15. The highest BCUT2D eigenvalue weighted by Gasteiger charge is 2.23. The van der Waals surface area contributed by atoms with E-state index in [-0.39, 0.29) is 12.8 Å². The van der Waals surface area contributed by atoms with Crippen molar-refractivity contribution >= 4 is 45.1 Å². The predicted octanol–water partition coefficient (Wildman–Crippen LogP) is 1.74. The van der Waals surface area contributed by atoms with Gasteiger partial charge in [-0.15, -0.1) is 11.3 Å². The monoisotopic (exact) mass is 363 g/mol. The van der Waals surface area contributed by atoms with E-state index in [4.69, 9.17) is 0 Å². The Labute approximate surface area is 128 Å². The minimum Gasteiger partial charge on any atom is -0.469 e. The summed E-state index contributed by atoms with van der Waals surface area (Å²) in [6, 6.07) is 0.763. The molecule has 6 nitrogen and oxygen atoms in total. The summed E-state index contributed by atoms with van der Waals surface area (Å²) in [5.74, 6) is -1.45. The average molecular weight is 364 g/mol. The van der Waals surface area contributed by atoms with Crippen molar-refractivity contribution in [3.63, 3.8) is 0 Å². The highest BCUT2D eigenvalue weighted by Crippen LogP contribution is 2.20. The lowest BCUT2D eigenvalue weighted by atomic mass is 10.1. The zero-order valence-corrected chi connectivity index (χ0v) is 13.4. The molecule has 1 N–H and O–H groups in total. The molecule has 0 aliphatic carbocycles. The SMILES string of the molecule is COC(=O)CC[C@@H](NC(=O)c1csc(Br)c1)C(=O)OC. The fraction of sp³-hybridized carbons (Fsp3) is 0.417. The fourth-order valence-electron chi connectivity index (χ4n) is 1.43. The summed E-state index contributed by atoms with van der Waals surface area (Å²) in [7, 11) is 2.48. The van der Waals surface area contributed by atoms with Crippen LogP contribution in [0, 0.1) is 0 Å². The molecule has 0 fully saturated rings. The smallest absolute Gasteiger partial charge is 0.328 e. The van der Waals surface area contributed by atoms with E-state index in [0.29, 0.717) is 5.56 Å². The molecule has 8 heteroatoms. The summed E-state index contributed by atoms with van der Waals surface area (Å²) >= 11 is 4.62. The molecule has 1 amide bonds. The normalized spacial score (nSPS) is 11.6. The molecular formula is C12H14BrNO5S. The van der Waals surface area contributed by atoms with E-state index < -0.39 is 23.9 Å². The number of hydrogen-bond donors (Lipinski definition) is 1. The Morgan fingerprint density at radius 3 is 2.55 bits per heavy atom. The zero-order valence-electron chi connectivity index (χ0n) is 11.0. The average Bonchev–Trinajstić information content (AvgIpc) is 2.88. The van der Waals surface area contributed by atoms with Gasteiger partial charge < -0.3 is 14.8 Å². The number of esters is 2. The number of carbonyl (C=O) groups excluding carboxylic acids is 3. The van der Waals surface area contributed by atoms with Crippen LogP contribution in [0.25, 0.3) is 0 Å². The number of methoxy groups -OCH3 is 2. The quantitative estimate of drug-likeness (QED) is 0.778. The Morgan fingerprint density at radius 2 is 2.05 bits per heavy atom. The van der Waals surface area contributed by atoms with Crippen LogP contribution in [0.15, 0.2) is 15.2 Å². The van der Waals surface area contributed by atoms with Crippen LogP contribution in [0.5, 0.6) is 0 Å². The van der Waals surface area contributed by atoms with E-state index in [0.717, 1.165) is 3.79 Å². The van der Waals surface area contributed by atoms with Gasteiger partial charge >= 0.3 is 11.9 Å². The van der Waals surface area contributed by atoms with E-state index in [1.807, 2.05) is 0 Å². The predicted molar refractivity (Wildman–Crippen MR) is 76.5 cm³/mol. The van der Waals surface area contributed by atoms with Crippen LogP contribution in [-0.2, 0) is 19.1 Å². The second-order valence-electron chi connectivity index (χ2n) is 3.80. The molecule has 0 spiro atoms. The molecule has 0 bridgehead atoms. The maximum absolute atomic E-state index is 12.0. The van der Waals surface area contributed by atoms with Gasteiger partial charge in [-0.05, 0) is 28.4 Å². The Morgan fingerprint density at radius 1 is 1.35 bits per heavy atom. The van der Waals surface area contributed by atoms with Gasteiger partial charge in [0.05, 0.1) is 23.6 Å². The third-order valence-electron chi connectivity index (χ3n) is 2.49. The highest BCUT2D eigenvalue weighted by molar-refractivity contribution is 9.11. The zero-order chi connectivity index (χ0) is 15.1. The lowest BCUT2D eigenvalue weighted by molar-refractivity contribution is -0.144. The van der Waals surface area contributed by atoms with Crippen molar-refractivity contribution in [2.45, 2.75) is 18.9 Å². The number of halogens is 1. The topological polar surface area (TPSA) is 81.7 Å². The third-order valence-corrected chi connectivity index (χ3v) is 3.99. The molecule has 0 aliphatic heterocycles. The van der Waals surface area contributed by atoms with Crippen molar-refractivity contribution in [3.8, 4) is 0 Å². The van der Waals surface area contributed by atoms with Gasteiger partial charge in [0.25, 0.3) is 5.91 Å². The molecule has 0 unspecified atom stereocenters. The number of ether oxygens (including phenoxy) is 2. The number of nitrogens with one attached hydrogen (secondary N) is 1. The standard InChI is InChI=1S/C12H14BrNO5S/c1-18-10(15)4-3-8(12(17)19-2)14-11(16)7-5-9(13)20-6-7/h5-6,8H,3-4H2,1-2H3,(H,14,16)/t8-/m1/s1. The van der Waals surface area contributed by atoms with E-state index in [9.17, 15) is 14.4 Å². The first-order valence-corrected chi connectivity index (χ1v) is 7.34. The molecule has 0 aromatic carbocycles. The molecule has 0 saturated heterocycles. The van der Waals surface area contributed by atoms with Gasteiger partial charge in [-0.2, -0.15) is 0 Å². The minimum absolute atomic E-state index is 0.0177. The number of thiophene rings is 1. The van der Waals surface area contributed by atoms with Crippen LogP contribution in [0.3, 0.4) is 0 Å². The second kappa shape index (κ2) is 8.01. The van der Waals surface area contributed by atoms with Crippen molar-refractivity contribution in [3.05, 3.63) is 20.8 Å². The van der Waals surface area contributed by atoms with Gasteiger partial charge in [0.1, 0.15) is 6.04 Å². The van der Waals surface area contributed by atoms with Gasteiger partial charge in [-0.25, -0.2) is 4.79 Å². The summed E-state index contributed by atoms with van der Waals surface area (Å²) in [5, 5.41) is 4.20. The maximum atomic E-state index is 12.0. The fourth-order valence-corrected chi connectivity index (χ4v) is 2.56. The molecule has 1 rings (SSSR count). The summed E-state index contributed by atoms with van der Waals surface area (Å²) < 4.78 is 9.92. The second-order valence-corrected chi connectivity index (χ2v) is 6.09.